The van der Waals surface area contributed by atoms with E-state index >= 15 is 0 Å². The molecule has 2 heterocycles. The first kappa shape index (κ1) is 14.4. The van der Waals surface area contributed by atoms with E-state index in [9.17, 15) is 4.79 Å². The van der Waals surface area contributed by atoms with Gasteiger partial charge in [0.2, 0.25) is 5.91 Å². The van der Waals surface area contributed by atoms with Gasteiger partial charge in [-0.05, 0) is 29.3 Å². The van der Waals surface area contributed by atoms with Crippen LogP contribution in [0.15, 0.2) is 42.7 Å². The first-order chi connectivity index (χ1) is 10.7. The van der Waals surface area contributed by atoms with E-state index in [4.69, 9.17) is 9.47 Å². The minimum Gasteiger partial charge on any atom is -0.486 e. The number of hydrogen-bond donors (Lipinski definition) is 0. The molecule has 1 aliphatic heterocycles. The average Bonchev–Trinajstić information content (AvgIpc) is 2.55. The highest BCUT2D eigenvalue weighted by atomic mass is 16.6. The van der Waals surface area contributed by atoms with Gasteiger partial charge in [0.15, 0.2) is 11.5 Å². The van der Waals surface area contributed by atoms with Gasteiger partial charge in [-0.3, -0.25) is 9.78 Å². The fourth-order valence-corrected chi connectivity index (χ4v) is 2.36. The molecule has 5 nitrogen and oxygen atoms in total. The summed E-state index contributed by atoms with van der Waals surface area (Å²) in [5.74, 6) is 1.51. The Bertz CT molecular complexity index is 658. The molecule has 0 N–H and O–H groups in total. The smallest absolute Gasteiger partial charge is 0.227 e. The number of carbonyl (C=O) groups is 1. The summed E-state index contributed by atoms with van der Waals surface area (Å²) in [7, 11) is 1.80. The number of aromatic nitrogens is 1. The van der Waals surface area contributed by atoms with Crippen molar-refractivity contribution in [2.45, 2.75) is 13.0 Å². The molecule has 0 aliphatic carbocycles. The summed E-state index contributed by atoms with van der Waals surface area (Å²) in [4.78, 5) is 18.1. The van der Waals surface area contributed by atoms with Gasteiger partial charge < -0.3 is 14.4 Å². The fourth-order valence-electron chi connectivity index (χ4n) is 2.36. The van der Waals surface area contributed by atoms with E-state index in [0.717, 1.165) is 16.9 Å². The number of rotatable bonds is 4. The number of pyridine rings is 1. The topological polar surface area (TPSA) is 51.7 Å². The number of carbonyl (C=O) groups excluding carboxylic acids is 1. The predicted octanol–water partition coefficient (Wildman–Crippen LogP) is 2.05. The SMILES string of the molecule is CN(Cc1cccnc1)C(=O)Cc1ccc2c(c1)OCCO2. The molecule has 1 aromatic heterocycles. The third-order valence-corrected chi connectivity index (χ3v) is 3.53. The molecule has 1 aromatic carbocycles. The molecule has 0 unspecified atom stereocenters. The monoisotopic (exact) mass is 298 g/mol. The average molecular weight is 298 g/mol. The molecule has 5 heteroatoms. The van der Waals surface area contributed by atoms with Gasteiger partial charge in [0.25, 0.3) is 0 Å². The third kappa shape index (κ3) is 3.36. The number of ether oxygens (including phenoxy) is 2. The van der Waals surface area contributed by atoms with Gasteiger partial charge >= 0.3 is 0 Å². The number of amides is 1. The zero-order valence-corrected chi connectivity index (χ0v) is 12.5. The molecule has 0 saturated carbocycles. The lowest BCUT2D eigenvalue weighted by Crippen LogP contribution is -2.27. The Morgan fingerprint density at radius 3 is 2.77 bits per heavy atom. The maximum atomic E-state index is 12.3. The first-order valence-electron chi connectivity index (χ1n) is 7.24. The molecular weight excluding hydrogens is 280 g/mol. The summed E-state index contributed by atoms with van der Waals surface area (Å²) in [5.41, 5.74) is 1.94. The Hall–Kier alpha value is -2.56. The van der Waals surface area contributed by atoms with Crippen LogP contribution in [0.2, 0.25) is 0 Å². The van der Waals surface area contributed by atoms with Gasteiger partial charge in [-0.15, -0.1) is 0 Å². The van der Waals surface area contributed by atoms with Crippen molar-refractivity contribution in [3.05, 3.63) is 53.9 Å². The molecule has 0 spiro atoms. The number of benzene rings is 1. The van der Waals surface area contributed by atoms with Gasteiger partial charge in [-0.25, -0.2) is 0 Å². The molecule has 2 aromatic rings. The zero-order valence-electron chi connectivity index (χ0n) is 12.5. The molecule has 3 rings (SSSR count). The second kappa shape index (κ2) is 6.47. The Labute approximate surface area is 129 Å². The van der Waals surface area contributed by atoms with Crippen molar-refractivity contribution in [1.29, 1.82) is 0 Å². The highest BCUT2D eigenvalue weighted by molar-refractivity contribution is 5.78. The molecule has 0 bridgehead atoms. The molecule has 114 valence electrons. The van der Waals surface area contributed by atoms with Gasteiger partial charge in [0, 0.05) is 26.0 Å². The Balaban J connectivity index is 1.63. The van der Waals surface area contributed by atoms with Crippen LogP contribution in [0, 0.1) is 0 Å². The predicted molar refractivity (Wildman–Crippen MR) is 81.8 cm³/mol. The highest BCUT2D eigenvalue weighted by Gasteiger charge is 2.15. The molecule has 1 amide bonds. The molecule has 1 aliphatic rings. The maximum Gasteiger partial charge on any atom is 0.227 e. The first-order valence-corrected chi connectivity index (χ1v) is 7.24. The van der Waals surface area contributed by atoms with Crippen LogP contribution in [0.25, 0.3) is 0 Å². The number of hydrogen-bond acceptors (Lipinski definition) is 4. The normalized spacial score (nSPS) is 12.8. The lowest BCUT2D eigenvalue weighted by molar-refractivity contribution is -0.129. The number of nitrogens with zero attached hydrogens (tertiary/aromatic N) is 2. The van der Waals surface area contributed by atoms with E-state index < -0.39 is 0 Å². The summed E-state index contributed by atoms with van der Waals surface area (Å²) < 4.78 is 11.0. The van der Waals surface area contributed by atoms with Crippen molar-refractivity contribution in [2.24, 2.45) is 0 Å². The van der Waals surface area contributed by atoms with E-state index in [0.29, 0.717) is 31.9 Å². The summed E-state index contributed by atoms with van der Waals surface area (Å²) in [6, 6.07) is 9.47. The second-order valence-corrected chi connectivity index (χ2v) is 5.27. The Morgan fingerprint density at radius 1 is 1.18 bits per heavy atom. The summed E-state index contributed by atoms with van der Waals surface area (Å²) >= 11 is 0. The Morgan fingerprint density at radius 2 is 2.00 bits per heavy atom. The van der Waals surface area contributed by atoms with Crippen LogP contribution >= 0.6 is 0 Å². The van der Waals surface area contributed by atoms with Crippen molar-refractivity contribution in [3.63, 3.8) is 0 Å². The fraction of sp³-hybridized carbons (Fsp3) is 0.294. The van der Waals surface area contributed by atoms with E-state index in [-0.39, 0.29) is 5.91 Å². The van der Waals surface area contributed by atoms with Gasteiger partial charge in [-0.1, -0.05) is 12.1 Å². The van der Waals surface area contributed by atoms with Crippen molar-refractivity contribution in [3.8, 4) is 11.5 Å². The minimum atomic E-state index is 0.0560. The maximum absolute atomic E-state index is 12.3. The second-order valence-electron chi connectivity index (χ2n) is 5.27. The van der Waals surface area contributed by atoms with E-state index in [1.165, 1.54) is 0 Å². The Kier molecular flexibility index (Phi) is 4.23. The molecule has 0 atom stereocenters. The summed E-state index contributed by atoms with van der Waals surface area (Å²) in [6.07, 6.45) is 3.84. The van der Waals surface area contributed by atoms with E-state index in [1.807, 2.05) is 30.3 Å². The van der Waals surface area contributed by atoms with E-state index in [2.05, 4.69) is 4.98 Å². The molecular formula is C17H18N2O3. The van der Waals surface area contributed by atoms with E-state index in [1.54, 1.807) is 24.3 Å². The zero-order chi connectivity index (χ0) is 15.4. The van der Waals surface area contributed by atoms with Gasteiger partial charge in [0.05, 0.1) is 6.42 Å². The lowest BCUT2D eigenvalue weighted by Gasteiger charge is -2.20. The molecule has 0 radical (unpaired) electrons. The van der Waals surface area contributed by atoms with Gasteiger partial charge in [0.1, 0.15) is 13.2 Å². The van der Waals surface area contributed by atoms with Crippen LogP contribution in [0.1, 0.15) is 11.1 Å². The van der Waals surface area contributed by atoms with Crippen LogP contribution in [0.4, 0.5) is 0 Å². The number of fused-ring (bicyclic) bond motifs is 1. The van der Waals surface area contributed by atoms with Crippen molar-refractivity contribution >= 4 is 5.91 Å². The third-order valence-electron chi connectivity index (χ3n) is 3.53. The van der Waals surface area contributed by atoms with Crippen LogP contribution in [0.5, 0.6) is 11.5 Å². The summed E-state index contributed by atoms with van der Waals surface area (Å²) in [5, 5.41) is 0. The molecule has 22 heavy (non-hydrogen) atoms. The molecule has 0 fully saturated rings. The van der Waals surface area contributed by atoms with Crippen molar-refractivity contribution in [1.82, 2.24) is 9.88 Å². The van der Waals surface area contributed by atoms with Crippen molar-refractivity contribution in [2.75, 3.05) is 20.3 Å². The van der Waals surface area contributed by atoms with Crippen molar-refractivity contribution < 1.29 is 14.3 Å². The number of likely N-dealkylation sites (N-methyl/N-ethyl adjacent to an activating group) is 1. The van der Waals surface area contributed by atoms with Crippen LogP contribution in [-0.4, -0.2) is 36.1 Å². The quantitative estimate of drug-likeness (QED) is 0.867. The van der Waals surface area contributed by atoms with Crippen LogP contribution in [0.3, 0.4) is 0 Å². The van der Waals surface area contributed by atoms with Crippen LogP contribution < -0.4 is 9.47 Å². The van der Waals surface area contributed by atoms with Gasteiger partial charge in [-0.2, -0.15) is 0 Å². The standard InChI is InChI=1S/C17H18N2O3/c1-19(12-14-3-2-6-18-11-14)17(20)10-13-4-5-15-16(9-13)22-8-7-21-15/h2-6,9,11H,7-8,10,12H2,1H3. The summed E-state index contributed by atoms with van der Waals surface area (Å²) in [6.45, 7) is 1.67. The largest absolute Gasteiger partial charge is 0.486 e. The molecule has 0 saturated heterocycles. The highest BCUT2D eigenvalue weighted by Crippen LogP contribution is 2.30. The lowest BCUT2D eigenvalue weighted by atomic mass is 10.1. The minimum absolute atomic E-state index is 0.0560. The van der Waals surface area contributed by atoms with Crippen LogP contribution in [-0.2, 0) is 17.8 Å².